The molecule has 3 aromatic rings. The second-order valence-electron chi connectivity index (χ2n) is 16.3. The number of aliphatic carboxylic acids is 1. The van der Waals surface area contributed by atoms with Gasteiger partial charge in [-0.25, -0.2) is 14.6 Å². The van der Waals surface area contributed by atoms with Gasteiger partial charge in [-0.15, -0.1) is 0 Å². The molecule has 3 aliphatic rings. The van der Waals surface area contributed by atoms with Gasteiger partial charge in [0.25, 0.3) is 5.56 Å². The number of benzene rings is 1. The highest BCUT2D eigenvalue weighted by Gasteiger charge is 2.52. The highest BCUT2D eigenvalue weighted by Crippen LogP contribution is 2.42. The molecule has 0 aliphatic carbocycles. The average molecular weight is 891 g/mol. The number of nitrogens with one attached hydrogen (secondary N) is 2. The minimum Gasteiger partial charge on any atom is -0.481 e. The van der Waals surface area contributed by atoms with E-state index in [1.165, 1.54) is 4.90 Å². The van der Waals surface area contributed by atoms with E-state index in [0.29, 0.717) is 50.6 Å². The molecule has 5 N–H and O–H groups in total. The Labute approximate surface area is 370 Å². The molecular weight excluding hydrogens is 833 g/mol. The molecule has 19 nitrogen and oxygen atoms in total. The number of pyridine rings is 2. The lowest BCUT2D eigenvalue weighted by atomic mass is 9.85. The van der Waals surface area contributed by atoms with Crippen LogP contribution < -0.4 is 21.9 Å². The fourth-order valence-corrected chi connectivity index (χ4v) is 8.59. The van der Waals surface area contributed by atoms with Crippen molar-refractivity contribution in [2.24, 2.45) is 11.7 Å². The lowest BCUT2D eigenvalue weighted by Gasteiger charge is -2.37. The van der Waals surface area contributed by atoms with Crippen LogP contribution in [0, 0.1) is 5.92 Å². The number of carbonyl (C=O) groups is 6. The van der Waals surface area contributed by atoms with E-state index in [2.05, 4.69) is 10.6 Å². The van der Waals surface area contributed by atoms with Crippen LogP contribution in [-0.2, 0) is 77.6 Å². The number of esters is 2. The molecule has 1 saturated heterocycles. The second kappa shape index (κ2) is 21.3. The lowest BCUT2D eigenvalue weighted by Crippen LogP contribution is -2.57. The Morgan fingerprint density at radius 1 is 0.984 bits per heavy atom. The fourth-order valence-electron chi connectivity index (χ4n) is 8.59. The summed E-state index contributed by atoms with van der Waals surface area (Å²) >= 11 is 0. The number of hydrogen-bond donors (Lipinski definition) is 4. The van der Waals surface area contributed by atoms with E-state index in [9.17, 15) is 38.7 Å². The van der Waals surface area contributed by atoms with Gasteiger partial charge in [0.1, 0.15) is 24.7 Å². The highest BCUT2D eigenvalue weighted by molar-refractivity contribution is 5.96. The molecule has 1 fully saturated rings. The summed E-state index contributed by atoms with van der Waals surface area (Å²) in [6.07, 6.45) is 0.275. The van der Waals surface area contributed by atoms with Crippen molar-refractivity contribution in [1.82, 2.24) is 25.1 Å². The predicted molar refractivity (Wildman–Crippen MR) is 230 cm³/mol. The smallest absolute Gasteiger partial charge is 0.355 e. The van der Waals surface area contributed by atoms with Crippen molar-refractivity contribution in [3.63, 3.8) is 0 Å². The molecule has 4 atom stereocenters. The number of rotatable bonds is 22. The van der Waals surface area contributed by atoms with Crippen LogP contribution in [0.25, 0.3) is 22.3 Å². The zero-order valence-electron chi connectivity index (χ0n) is 36.8. The van der Waals surface area contributed by atoms with E-state index in [0.717, 1.165) is 22.0 Å². The van der Waals surface area contributed by atoms with Gasteiger partial charge in [-0.2, -0.15) is 0 Å². The largest absolute Gasteiger partial charge is 0.481 e. The molecule has 0 unspecified atom stereocenters. The molecule has 64 heavy (non-hydrogen) atoms. The van der Waals surface area contributed by atoms with E-state index in [4.69, 9.17) is 34.4 Å². The monoisotopic (exact) mass is 890 g/mol. The quantitative estimate of drug-likeness (QED) is 0.0647. The van der Waals surface area contributed by atoms with Gasteiger partial charge in [-0.3, -0.25) is 24.0 Å². The van der Waals surface area contributed by atoms with Crippen LogP contribution >= 0.6 is 0 Å². The minimum atomic E-state index is -2.04. The molecule has 0 radical (unpaired) electrons. The number of carbonyl (C=O) groups excluding carboxylic acids is 5. The van der Waals surface area contributed by atoms with Crippen LogP contribution in [0.2, 0.25) is 0 Å². The summed E-state index contributed by atoms with van der Waals surface area (Å²) in [6.45, 7) is 9.06. The Balaban J connectivity index is 1.15. The Morgan fingerprint density at radius 2 is 1.69 bits per heavy atom. The average Bonchev–Trinajstić information content (AvgIpc) is 3.91. The van der Waals surface area contributed by atoms with E-state index in [-0.39, 0.29) is 69.9 Å². The van der Waals surface area contributed by atoms with Crippen molar-refractivity contribution >= 4 is 46.5 Å². The Bertz CT molecular complexity index is 2310. The van der Waals surface area contributed by atoms with Gasteiger partial charge < -0.3 is 54.6 Å². The van der Waals surface area contributed by atoms with Crippen molar-refractivity contribution in [3.8, 4) is 11.4 Å². The molecule has 1 aromatic carbocycles. The third kappa shape index (κ3) is 10.1. The number of likely N-dealkylation sites (tertiary alicyclic amines) is 1. The molecule has 3 amide bonds. The van der Waals surface area contributed by atoms with Gasteiger partial charge in [-0.05, 0) is 49.3 Å². The number of hydrogen-bond acceptors (Lipinski definition) is 14. The first-order valence-electron chi connectivity index (χ1n) is 21.9. The molecule has 0 saturated carbocycles. The summed E-state index contributed by atoms with van der Waals surface area (Å²) in [5.41, 5.74) is 7.07. The molecular formula is C45H58N6O13. The maximum atomic E-state index is 14.3. The number of amides is 3. The van der Waals surface area contributed by atoms with Crippen molar-refractivity contribution in [2.75, 3.05) is 52.7 Å². The van der Waals surface area contributed by atoms with E-state index < -0.39 is 77.3 Å². The van der Waals surface area contributed by atoms with Crippen molar-refractivity contribution in [2.45, 2.75) is 103 Å². The third-order valence-corrected chi connectivity index (χ3v) is 11.9. The number of aromatic nitrogens is 2. The van der Waals surface area contributed by atoms with Crippen molar-refractivity contribution in [1.29, 1.82) is 0 Å². The van der Waals surface area contributed by atoms with Crippen molar-refractivity contribution < 1.29 is 57.6 Å². The van der Waals surface area contributed by atoms with Gasteiger partial charge >= 0.3 is 17.9 Å². The minimum absolute atomic E-state index is 0.0154. The summed E-state index contributed by atoms with van der Waals surface area (Å²) in [6, 6.07) is 5.49. The van der Waals surface area contributed by atoms with Gasteiger partial charge in [0, 0.05) is 36.0 Å². The molecule has 3 aliphatic heterocycles. The predicted octanol–water partition coefficient (Wildman–Crippen LogP) is 1.68. The fraction of sp³-hybridized carbons (Fsp3) is 0.556. The van der Waals surface area contributed by atoms with Crippen molar-refractivity contribution in [3.05, 3.63) is 62.9 Å². The van der Waals surface area contributed by atoms with Crippen LogP contribution in [0.15, 0.2) is 35.1 Å². The number of aryl methyl sites for hydroxylation is 1. The first kappa shape index (κ1) is 47.7. The number of fused-ring (bicyclic) bond motifs is 5. The third-order valence-electron chi connectivity index (χ3n) is 11.9. The normalized spacial score (nSPS) is 18.5. The molecule has 6 rings (SSSR count). The molecule has 0 spiro atoms. The van der Waals surface area contributed by atoms with Crippen LogP contribution in [-0.4, -0.2) is 126 Å². The van der Waals surface area contributed by atoms with Crippen LogP contribution in [0.4, 0.5) is 0 Å². The maximum Gasteiger partial charge on any atom is 0.355 e. The number of para-hydroxylation sites is 1. The van der Waals surface area contributed by atoms with Gasteiger partial charge in [0.15, 0.2) is 0 Å². The summed E-state index contributed by atoms with van der Waals surface area (Å²) in [4.78, 5) is 101. The Kier molecular flexibility index (Phi) is 15.9. The van der Waals surface area contributed by atoms with E-state index >= 15 is 0 Å². The molecule has 2 aromatic heterocycles. The van der Waals surface area contributed by atoms with Crippen LogP contribution in [0.5, 0.6) is 0 Å². The Hall–Kier alpha value is -5.76. The maximum absolute atomic E-state index is 14.3. The molecule has 0 bridgehead atoms. The Morgan fingerprint density at radius 3 is 2.36 bits per heavy atom. The first-order chi connectivity index (χ1) is 30.8. The highest BCUT2D eigenvalue weighted by atomic mass is 16.6. The first-order valence-corrected chi connectivity index (χ1v) is 21.9. The van der Waals surface area contributed by atoms with E-state index in [1.807, 2.05) is 31.2 Å². The number of carboxylic acids is 1. The molecule has 19 heteroatoms. The zero-order chi connectivity index (χ0) is 46.1. The van der Waals surface area contributed by atoms with Gasteiger partial charge in [0.2, 0.25) is 23.3 Å². The van der Waals surface area contributed by atoms with Gasteiger partial charge in [-0.1, -0.05) is 45.9 Å². The second-order valence-corrected chi connectivity index (χ2v) is 16.3. The number of nitrogens with two attached hydrogens (primary N) is 1. The van der Waals surface area contributed by atoms with E-state index in [1.54, 1.807) is 31.4 Å². The van der Waals surface area contributed by atoms with Crippen LogP contribution in [0.1, 0.15) is 82.1 Å². The summed E-state index contributed by atoms with van der Waals surface area (Å²) in [5.74, 6) is -5.87. The number of carboxylic acid groups (broad SMARTS) is 1. The van der Waals surface area contributed by atoms with Gasteiger partial charge in [0.05, 0.1) is 75.1 Å². The topological polar surface area (TPSA) is 257 Å². The summed E-state index contributed by atoms with van der Waals surface area (Å²) in [7, 11) is 0. The van der Waals surface area contributed by atoms with Crippen LogP contribution in [0.3, 0.4) is 0 Å². The lowest BCUT2D eigenvalue weighted by molar-refractivity contribution is -0.191. The number of nitrogens with zero attached hydrogens (tertiary/aromatic N) is 3. The zero-order valence-corrected chi connectivity index (χ0v) is 36.8. The summed E-state index contributed by atoms with van der Waals surface area (Å²) < 4.78 is 29.3. The molecule has 346 valence electrons. The number of ether oxygens (including phenoxy) is 5. The molecule has 5 heterocycles. The standard InChI is InChI=1S/C45H58N6O13/c1-5-27-28-10-7-8-11-32(28)48-39-29(27)24-51-35(39)22-31-30(41(51)56)25-63-44(59)45(31,6-2)64-43(58)38(26(3)4)49-40(55)34-12-9-15-50(34)42(57)33(23-37(53)54)47-36(52)13-16-60-18-20-62-21-19-61-17-14-46/h7-8,10-11,22,26,33-34,38H,5-6,9,12-21,23-25,46H2,1-4H3,(H,47,52)(H,49,55)(H,53,54)/t33-,34-,38-,45-/m0/s1. The summed E-state index contributed by atoms with van der Waals surface area (Å²) in [5, 5.41) is 15.8. The SMILES string of the molecule is CCc1c2c(nc3ccccc13)-c1cc3c(c(=O)n1C2)COC(=O)[C@@]3(CC)OC(=O)[C@@H](NC(=O)[C@@H]1CCCN1C(=O)[C@H](CC(=O)O)NC(=O)CCOCCOCCOCCN)C(C)C. The number of cyclic esters (lactones) is 1.